The third-order valence-corrected chi connectivity index (χ3v) is 1.77. The topological polar surface area (TPSA) is 12.4 Å². The van der Waals surface area contributed by atoms with Gasteiger partial charge in [0.05, 0.1) is 6.04 Å². The van der Waals surface area contributed by atoms with Crippen LogP contribution in [0.5, 0.6) is 0 Å². The van der Waals surface area contributed by atoms with Crippen LogP contribution >= 0.6 is 0 Å². The van der Waals surface area contributed by atoms with Gasteiger partial charge in [0.25, 0.3) is 0 Å². The van der Waals surface area contributed by atoms with Crippen LogP contribution in [0.4, 0.5) is 0 Å². The Hall–Kier alpha value is -0.330. The summed E-state index contributed by atoms with van der Waals surface area (Å²) in [7, 11) is 0. The SMILES string of the molecule is C1=N[C]2CCC1C2. The van der Waals surface area contributed by atoms with Gasteiger partial charge in [-0.25, -0.2) is 0 Å². The zero-order chi connectivity index (χ0) is 4.69. The van der Waals surface area contributed by atoms with Crippen molar-refractivity contribution in [2.75, 3.05) is 0 Å². The molecule has 0 saturated heterocycles. The molecule has 1 saturated carbocycles. The molecule has 2 aliphatic rings. The minimum atomic E-state index is 0.843. The van der Waals surface area contributed by atoms with E-state index in [-0.39, 0.29) is 0 Å². The van der Waals surface area contributed by atoms with Gasteiger partial charge in [0.2, 0.25) is 0 Å². The molecule has 1 heterocycles. The first-order valence-electron chi connectivity index (χ1n) is 2.84. The normalized spacial score (nSPS) is 38.0. The molecule has 0 amide bonds. The Balaban J connectivity index is 2.27. The van der Waals surface area contributed by atoms with Crippen LogP contribution in [0.15, 0.2) is 4.99 Å². The monoisotopic (exact) mass is 94.1 g/mol. The number of nitrogens with zero attached hydrogens (tertiary/aromatic N) is 1. The molecule has 0 aromatic heterocycles. The molecular formula is C6H8N. The van der Waals surface area contributed by atoms with E-state index >= 15 is 0 Å². The first-order chi connectivity index (χ1) is 3.45. The summed E-state index contributed by atoms with van der Waals surface area (Å²) in [6, 6.07) is 1.44. The van der Waals surface area contributed by atoms with E-state index in [2.05, 4.69) is 11.2 Å². The first kappa shape index (κ1) is 3.65. The maximum atomic E-state index is 4.20. The molecule has 1 heteroatoms. The van der Waals surface area contributed by atoms with Crippen molar-refractivity contribution < 1.29 is 0 Å². The molecule has 7 heavy (non-hydrogen) atoms. The Labute approximate surface area is 43.4 Å². The van der Waals surface area contributed by atoms with Crippen LogP contribution in [0.2, 0.25) is 0 Å². The van der Waals surface area contributed by atoms with Crippen LogP contribution in [0.1, 0.15) is 19.3 Å². The van der Waals surface area contributed by atoms with Crippen molar-refractivity contribution in [3.8, 4) is 0 Å². The van der Waals surface area contributed by atoms with Crippen molar-refractivity contribution in [2.24, 2.45) is 10.9 Å². The second-order valence-corrected chi connectivity index (χ2v) is 2.35. The maximum absolute atomic E-state index is 4.20. The van der Waals surface area contributed by atoms with Gasteiger partial charge in [-0.3, -0.25) is 4.99 Å². The summed E-state index contributed by atoms with van der Waals surface area (Å²) in [6.07, 6.45) is 6.03. The van der Waals surface area contributed by atoms with Crippen molar-refractivity contribution in [2.45, 2.75) is 19.3 Å². The minimum Gasteiger partial charge on any atom is -0.288 e. The zero-order valence-corrected chi connectivity index (χ0v) is 4.22. The molecule has 1 radical (unpaired) electrons. The Kier molecular flexibility index (Phi) is 0.566. The summed E-state index contributed by atoms with van der Waals surface area (Å²) >= 11 is 0. The lowest BCUT2D eigenvalue weighted by atomic mass is 10.1. The average molecular weight is 94.1 g/mol. The molecule has 0 aromatic carbocycles. The fraction of sp³-hybridized carbons (Fsp3) is 0.667. The van der Waals surface area contributed by atoms with Crippen LogP contribution in [0.3, 0.4) is 0 Å². The predicted octanol–water partition coefficient (Wildman–Crippen LogP) is 1.40. The molecule has 1 aliphatic carbocycles. The molecule has 1 nitrogen and oxygen atoms in total. The quantitative estimate of drug-likeness (QED) is 0.430. The van der Waals surface area contributed by atoms with E-state index in [9.17, 15) is 0 Å². The lowest BCUT2D eigenvalue weighted by molar-refractivity contribution is 0.756. The molecule has 0 aromatic rings. The molecule has 1 atom stereocenters. The largest absolute Gasteiger partial charge is 0.288 e. The van der Waals surface area contributed by atoms with Crippen LogP contribution in [-0.4, -0.2) is 6.21 Å². The predicted molar refractivity (Wildman–Crippen MR) is 29.1 cm³/mol. The van der Waals surface area contributed by atoms with Gasteiger partial charge in [-0.15, -0.1) is 0 Å². The zero-order valence-electron chi connectivity index (χ0n) is 4.22. The summed E-state index contributed by atoms with van der Waals surface area (Å²) in [6.45, 7) is 0. The van der Waals surface area contributed by atoms with Crippen LogP contribution in [-0.2, 0) is 0 Å². The van der Waals surface area contributed by atoms with E-state index < -0.39 is 0 Å². The van der Waals surface area contributed by atoms with E-state index in [1.807, 2.05) is 0 Å². The summed E-state index contributed by atoms with van der Waals surface area (Å²) in [4.78, 5) is 4.20. The van der Waals surface area contributed by atoms with Crippen molar-refractivity contribution in [3.63, 3.8) is 0 Å². The van der Waals surface area contributed by atoms with E-state index in [4.69, 9.17) is 0 Å². The highest BCUT2D eigenvalue weighted by Crippen LogP contribution is 2.37. The number of rotatable bonds is 0. The highest BCUT2D eigenvalue weighted by Gasteiger charge is 2.27. The van der Waals surface area contributed by atoms with Gasteiger partial charge in [0.15, 0.2) is 0 Å². The van der Waals surface area contributed by atoms with Gasteiger partial charge >= 0.3 is 0 Å². The Morgan fingerprint density at radius 1 is 1.71 bits per heavy atom. The fourth-order valence-electron chi connectivity index (χ4n) is 1.31. The third kappa shape index (κ3) is 0.409. The van der Waals surface area contributed by atoms with Crippen molar-refractivity contribution in [1.29, 1.82) is 0 Å². The van der Waals surface area contributed by atoms with E-state index in [1.165, 1.54) is 25.3 Å². The van der Waals surface area contributed by atoms with Gasteiger partial charge in [-0.1, -0.05) is 0 Å². The Bertz CT molecular complexity index is 94.7. The molecule has 1 aliphatic heterocycles. The van der Waals surface area contributed by atoms with Crippen molar-refractivity contribution in [1.82, 2.24) is 0 Å². The third-order valence-electron chi connectivity index (χ3n) is 1.77. The second-order valence-electron chi connectivity index (χ2n) is 2.35. The molecule has 1 fully saturated rings. The first-order valence-corrected chi connectivity index (χ1v) is 2.84. The summed E-state index contributed by atoms with van der Waals surface area (Å²) in [5, 5.41) is 0. The molecular weight excluding hydrogens is 86.1 g/mol. The highest BCUT2D eigenvalue weighted by atomic mass is 14.8. The van der Waals surface area contributed by atoms with Gasteiger partial charge in [0, 0.05) is 6.21 Å². The molecule has 2 bridgehead atoms. The van der Waals surface area contributed by atoms with Gasteiger partial charge in [-0.2, -0.15) is 0 Å². The van der Waals surface area contributed by atoms with E-state index in [0.717, 1.165) is 5.92 Å². The summed E-state index contributed by atoms with van der Waals surface area (Å²) in [5.41, 5.74) is 0. The van der Waals surface area contributed by atoms with Gasteiger partial charge in [0.1, 0.15) is 0 Å². The Morgan fingerprint density at radius 2 is 2.71 bits per heavy atom. The lowest BCUT2D eigenvalue weighted by Crippen LogP contribution is -1.89. The number of hydrogen-bond acceptors (Lipinski definition) is 1. The fourth-order valence-corrected chi connectivity index (χ4v) is 1.31. The van der Waals surface area contributed by atoms with Crippen LogP contribution in [0, 0.1) is 12.0 Å². The van der Waals surface area contributed by atoms with E-state index in [1.54, 1.807) is 0 Å². The second kappa shape index (κ2) is 1.09. The molecule has 0 spiro atoms. The number of aliphatic imine (C=N–C) groups is 1. The van der Waals surface area contributed by atoms with Gasteiger partial charge in [-0.05, 0) is 25.2 Å². The average Bonchev–Trinajstić information content (AvgIpc) is 2.22. The minimum absolute atomic E-state index is 0.843. The van der Waals surface area contributed by atoms with Crippen LogP contribution < -0.4 is 0 Å². The molecule has 0 N–H and O–H groups in total. The number of hydrogen-bond donors (Lipinski definition) is 0. The van der Waals surface area contributed by atoms with E-state index in [0.29, 0.717) is 0 Å². The standard InChI is InChI=1S/C6H8N/c1-2-6-3-5(1)4-7-6/h4-5H,1-3H2. The number of fused-ring (bicyclic) bond motifs is 2. The summed E-state index contributed by atoms with van der Waals surface area (Å²) in [5.74, 6) is 0.843. The Morgan fingerprint density at radius 3 is 2.86 bits per heavy atom. The highest BCUT2D eigenvalue weighted by molar-refractivity contribution is 5.66. The lowest BCUT2D eigenvalue weighted by Gasteiger charge is -1.95. The van der Waals surface area contributed by atoms with Crippen molar-refractivity contribution in [3.05, 3.63) is 6.04 Å². The van der Waals surface area contributed by atoms with Crippen molar-refractivity contribution >= 4 is 6.21 Å². The molecule has 2 rings (SSSR count). The van der Waals surface area contributed by atoms with Crippen LogP contribution in [0.25, 0.3) is 0 Å². The maximum Gasteiger partial charge on any atom is 0.0861 e. The van der Waals surface area contributed by atoms with Gasteiger partial charge < -0.3 is 0 Å². The molecule has 37 valence electrons. The molecule has 1 unspecified atom stereocenters. The summed E-state index contributed by atoms with van der Waals surface area (Å²) < 4.78 is 0. The smallest absolute Gasteiger partial charge is 0.0861 e.